The standard InChI is InChI=1S/C15H23NO2S/c1-10-6-11-12(7-10)14(18)16(13(11)17)8-15(9-19)4-2-3-5-15/h10-12,19H,2-9H2,1H3. The molecule has 0 N–H and O–H groups in total. The van der Waals surface area contributed by atoms with Crippen molar-refractivity contribution in [3.8, 4) is 0 Å². The summed E-state index contributed by atoms with van der Waals surface area (Å²) in [5.74, 6) is 1.49. The number of nitrogens with zero attached hydrogens (tertiary/aromatic N) is 1. The zero-order valence-electron chi connectivity index (χ0n) is 11.6. The summed E-state index contributed by atoms with van der Waals surface area (Å²) in [6.45, 7) is 2.77. The molecule has 1 heterocycles. The van der Waals surface area contributed by atoms with Crippen molar-refractivity contribution in [1.82, 2.24) is 4.90 Å². The van der Waals surface area contributed by atoms with E-state index in [-0.39, 0.29) is 29.1 Å². The lowest BCUT2D eigenvalue weighted by Crippen LogP contribution is -2.42. The second-order valence-corrected chi connectivity index (χ2v) is 7.23. The van der Waals surface area contributed by atoms with Crippen molar-refractivity contribution in [2.24, 2.45) is 23.2 Å². The van der Waals surface area contributed by atoms with E-state index < -0.39 is 0 Å². The summed E-state index contributed by atoms with van der Waals surface area (Å²) in [7, 11) is 0. The van der Waals surface area contributed by atoms with Gasteiger partial charge in [-0.3, -0.25) is 14.5 Å². The van der Waals surface area contributed by atoms with Gasteiger partial charge >= 0.3 is 0 Å². The second-order valence-electron chi connectivity index (χ2n) is 6.92. The zero-order chi connectivity index (χ0) is 13.6. The molecule has 3 fully saturated rings. The van der Waals surface area contributed by atoms with Crippen molar-refractivity contribution >= 4 is 24.4 Å². The van der Waals surface area contributed by atoms with Crippen molar-refractivity contribution in [3.63, 3.8) is 0 Å². The van der Waals surface area contributed by atoms with E-state index in [0.717, 1.165) is 31.4 Å². The van der Waals surface area contributed by atoms with Crippen molar-refractivity contribution in [2.75, 3.05) is 12.3 Å². The van der Waals surface area contributed by atoms with Gasteiger partial charge in [0.1, 0.15) is 0 Å². The fourth-order valence-electron chi connectivity index (χ4n) is 4.33. The highest BCUT2D eigenvalue weighted by Crippen LogP contribution is 2.46. The van der Waals surface area contributed by atoms with E-state index in [9.17, 15) is 9.59 Å². The maximum atomic E-state index is 12.5. The molecule has 2 atom stereocenters. The number of carbonyl (C=O) groups excluding carboxylic acids is 2. The van der Waals surface area contributed by atoms with Crippen molar-refractivity contribution in [1.29, 1.82) is 0 Å². The number of amides is 2. The molecule has 0 aromatic carbocycles. The van der Waals surface area contributed by atoms with Gasteiger partial charge in [-0.1, -0.05) is 19.8 Å². The van der Waals surface area contributed by atoms with Crippen LogP contribution in [0.4, 0.5) is 0 Å². The van der Waals surface area contributed by atoms with Crippen LogP contribution in [-0.4, -0.2) is 29.0 Å². The number of fused-ring (bicyclic) bond motifs is 1. The number of thiol groups is 1. The van der Waals surface area contributed by atoms with Crippen molar-refractivity contribution in [3.05, 3.63) is 0 Å². The van der Waals surface area contributed by atoms with E-state index in [0.29, 0.717) is 12.5 Å². The highest BCUT2D eigenvalue weighted by atomic mass is 32.1. The number of likely N-dealkylation sites (tertiary alicyclic amines) is 1. The van der Waals surface area contributed by atoms with E-state index in [4.69, 9.17) is 0 Å². The molecule has 2 unspecified atom stereocenters. The van der Waals surface area contributed by atoms with Gasteiger partial charge < -0.3 is 0 Å². The summed E-state index contributed by atoms with van der Waals surface area (Å²) < 4.78 is 0. The van der Waals surface area contributed by atoms with E-state index in [1.807, 2.05) is 0 Å². The van der Waals surface area contributed by atoms with Crippen LogP contribution in [0.2, 0.25) is 0 Å². The fourth-order valence-corrected chi connectivity index (χ4v) is 4.75. The average molecular weight is 281 g/mol. The lowest BCUT2D eigenvalue weighted by molar-refractivity contribution is -0.142. The summed E-state index contributed by atoms with van der Waals surface area (Å²) in [6, 6.07) is 0. The first-order valence-electron chi connectivity index (χ1n) is 7.52. The quantitative estimate of drug-likeness (QED) is 0.637. The molecule has 2 aliphatic carbocycles. The average Bonchev–Trinajstić information content (AvgIpc) is 3.05. The van der Waals surface area contributed by atoms with Crippen LogP contribution in [0.25, 0.3) is 0 Å². The summed E-state index contributed by atoms with van der Waals surface area (Å²) in [4.78, 5) is 26.5. The van der Waals surface area contributed by atoms with Crippen LogP contribution < -0.4 is 0 Å². The van der Waals surface area contributed by atoms with E-state index >= 15 is 0 Å². The first-order valence-corrected chi connectivity index (χ1v) is 8.16. The van der Waals surface area contributed by atoms with Gasteiger partial charge in [0.05, 0.1) is 11.8 Å². The van der Waals surface area contributed by atoms with Crippen LogP contribution >= 0.6 is 12.6 Å². The Morgan fingerprint density at radius 3 is 2.16 bits per heavy atom. The normalized spacial score (nSPS) is 37.2. The molecule has 1 aliphatic heterocycles. The Kier molecular flexibility index (Phi) is 3.40. The highest BCUT2D eigenvalue weighted by molar-refractivity contribution is 7.80. The van der Waals surface area contributed by atoms with Gasteiger partial charge in [0.2, 0.25) is 11.8 Å². The van der Waals surface area contributed by atoms with Gasteiger partial charge in [-0.05, 0) is 42.8 Å². The van der Waals surface area contributed by atoms with Crippen LogP contribution in [0.5, 0.6) is 0 Å². The van der Waals surface area contributed by atoms with Crippen molar-refractivity contribution in [2.45, 2.75) is 45.4 Å². The summed E-state index contributed by atoms with van der Waals surface area (Å²) >= 11 is 4.48. The molecule has 0 aromatic rings. The number of hydrogen-bond acceptors (Lipinski definition) is 3. The molecule has 2 saturated carbocycles. The Morgan fingerprint density at radius 2 is 1.68 bits per heavy atom. The summed E-state index contributed by atoms with van der Waals surface area (Å²) in [5, 5.41) is 0. The van der Waals surface area contributed by atoms with E-state index in [1.54, 1.807) is 4.90 Å². The second kappa shape index (κ2) is 4.80. The van der Waals surface area contributed by atoms with Gasteiger partial charge in [0, 0.05) is 6.54 Å². The first kappa shape index (κ1) is 13.5. The van der Waals surface area contributed by atoms with Gasteiger partial charge in [-0.25, -0.2) is 0 Å². The third kappa shape index (κ3) is 2.12. The van der Waals surface area contributed by atoms with Crippen LogP contribution in [0.3, 0.4) is 0 Å². The Labute approximate surface area is 120 Å². The minimum absolute atomic E-state index is 0.0131. The molecular formula is C15H23NO2S. The number of rotatable bonds is 3. The third-order valence-corrected chi connectivity index (χ3v) is 6.13. The van der Waals surface area contributed by atoms with E-state index in [1.165, 1.54) is 12.8 Å². The zero-order valence-corrected chi connectivity index (χ0v) is 12.5. The molecule has 0 spiro atoms. The fraction of sp³-hybridized carbons (Fsp3) is 0.867. The van der Waals surface area contributed by atoms with Crippen LogP contribution in [0.1, 0.15) is 45.4 Å². The monoisotopic (exact) mass is 281 g/mol. The number of carbonyl (C=O) groups is 2. The van der Waals surface area contributed by atoms with Gasteiger partial charge in [-0.2, -0.15) is 12.6 Å². The molecule has 106 valence electrons. The molecule has 4 heteroatoms. The Bertz CT molecular complexity index is 379. The molecular weight excluding hydrogens is 258 g/mol. The van der Waals surface area contributed by atoms with Gasteiger partial charge in [-0.15, -0.1) is 0 Å². The summed E-state index contributed by atoms with van der Waals surface area (Å²) in [5.41, 5.74) is 0.0959. The number of hydrogen-bond donors (Lipinski definition) is 1. The Morgan fingerprint density at radius 1 is 1.16 bits per heavy atom. The molecule has 0 bridgehead atoms. The molecule has 1 saturated heterocycles. The lowest BCUT2D eigenvalue weighted by atomic mass is 9.88. The minimum Gasteiger partial charge on any atom is -0.282 e. The molecule has 2 amide bonds. The minimum atomic E-state index is -0.0131. The van der Waals surface area contributed by atoms with Crippen LogP contribution in [-0.2, 0) is 9.59 Å². The first-order chi connectivity index (χ1) is 9.06. The van der Waals surface area contributed by atoms with Crippen molar-refractivity contribution < 1.29 is 9.59 Å². The van der Waals surface area contributed by atoms with Gasteiger partial charge in [0.15, 0.2) is 0 Å². The lowest BCUT2D eigenvalue weighted by Gasteiger charge is -2.31. The molecule has 3 rings (SSSR count). The third-order valence-electron chi connectivity index (χ3n) is 5.46. The highest BCUT2D eigenvalue weighted by Gasteiger charge is 2.53. The maximum Gasteiger partial charge on any atom is 0.233 e. The smallest absolute Gasteiger partial charge is 0.233 e. The molecule has 0 radical (unpaired) electrons. The molecule has 3 nitrogen and oxygen atoms in total. The summed E-state index contributed by atoms with van der Waals surface area (Å²) in [6.07, 6.45) is 6.44. The predicted octanol–water partition coefficient (Wildman–Crippen LogP) is 2.51. The van der Waals surface area contributed by atoms with Crippen LogP contribution in [0.15, 0.2) is 0 Å². The molecule has 0 aromatic heterocycles. The van der Waals surface area contributed by atoms with E-state index in [2.05, 4.69) is 19.6 Å². The maximum absolute atomic E-state index is 12.5. The number of imide groups is 1. The Hall–Kier alpha value is -0.510. The Balaban J connectivity index is 1.76. The SMILES string of the molecule is CC1CC2C(=O)N(CC3(CS)CCCC3)C(=O)C2C1. The van der Waals surface area contributed by atoms with Crippen LogP contribution in [0, 0.1) is 23.2 Å². The molecule has 3 aliphatic rings. The largest absolute Gasteiger partial charge is 0.282 e. The molecule has 19 heavy (non-hydrogen) atoms. The predicted molar refractivity (Wildman–Crippen MR) is 76.9 cm³/mol. The topological polar surface area (TPSA) is 37.4 Å². The van der Waals surface area contributed by atoms with Gasteiger partial charge in [0.25, 0.3) is 0 Å².